The third-order valence-corrected chi connectivity index (χ3v) is 3.89. The molecule has 5 nitrogen and oxygen atoms in total. The molecule has 0 saturated carbocycles. The smallest absolute Gasteiger partial charge is 0.147 e. The average molecular weight is 374 g/mol. The van der Waals surface area contributed by atoms with Crippen molar-refractivity contribution >= 4 is 41.1 Å². The molecule has 1 heterocycles. The number of nitrogens with zero attached hydrogens (tertiary/aromatic N) is 1. The molecule has 0 fully saturated rings. The molecular formula is C18H11Cl2N2O3-. The van der Waals surface area contributed by atoms with Crippen LogP contribution in [0, 0.1) is 0 Å². The second kappa shape index (κ2) is 7.42. The number of carboxylic acids is 1. The highest BCUT2D eigenvalue weighted by molar-refractivity contribution is 6.35. The van der Waals surface area contributed by atoms with Crippen molar-refractivity contribution in [3.63, 3.8) is 0 Å². The summed E-state index contributed by atoms with van der Waals surface area (Å²) in [5.41, 5.74) is 4.20. The van der Waals surface area contributed by atoms with E-state index in [1.807, 2.05) is 0 Å². The van der Waals surface area contributed by atoms with Crippen molar-refractivity contribution in [3.8, 4) is 11.3 Å². The molecule has 0 spiro atoms. The Labute approximate surface area is 153 Å². The fourth-order valence-electron chi connectivity index (χ4n) is 2.10. The summed E-state index contributed by atoms with van der Waals surface area (Å²) in [5.74, 6) is -0.130. The van der Waals surface area contributed by atoms with Gasteiger partial charge in [0.15, 0.2) is 0 Å². The molecule has 3 aromatic rings. The third kappa shape index (κ3) is 4.21. The number of hydrazone groups is 1. The summed E-state index contributed by atoms with van der Waals surface area (Å²) < 4.78 is 5.68. The van der Waals surface area contributed by atoms with Crippen molar-refractivity contribution in [2.45, 2.75) is 0 Å². The highest BCUT2D eigenvalue weighted by atomic mass is 35.5. The Bertz CT molecular complexity index is 934. The van der Waals surface area contributed by atoms with E-state index >= 15 is 0 Å². The van der Waals surface area contributed by atoms with Gasteiger partial charge in [0, 0.05) is 10.6 Å². The van der Waals surface area contributed by atoms with Crippen LogP contribution in [-0.2, 0) is 0 Å². The van der Waals surface area contributed by atoms with Crippen molar-refractivity contribution in [2.75, 3.05) is 5.43 Å². The number of halogens is 2. The van der Waals surface area contributed by atoms with Crippen LogP contribution in [0.5, 0.6) is 0 Å². The number of anilines is 1. The monoisotopic (exact) mass is 373 g/mol. The molecule has 1 aromatic heterocycles. The molecule has 0 bridgehead atoms. The zero-order valence-corrected chi connectivity index (χ0v) is 14.2. The van der Waals surface area contributed by atoms with Gasteiger partial charge in [0.2, 0.25) is 0 Å². The highest BCUT2D eigenvalue weighted by Gasteiger charge is 2.08. The second-order valence-corrected chi connectivity index (χ2v) is 5.90. The van der Waals surface area contributed by atoms with Crippen molar-refractivity contribution in [3.05, 3.63) is 76.0 Å². The molecule has 1 N–H and O–H groups in total. The van der Waals surface area contributed by atoms with Gasteiger partial charge in [-0.1, -0.05) is 35.3 Å². The standard InChI is InChI=1S/C18H12Cl2N2O3/c19-12-3-7-16(20)15(9-12)17-8-6-14(25-17)10-21-22-13-4-1-11(2-5-13)18(23)24/h1-10,22H,(H,23,24)/p-1/b21-10-. The molecule has 3 rings (SSSR count). The maximum Gasteiger partial charge on any atom is 0.147 e. The number of benzene rings is 2. The third-order valence-electron chi connectivity index (χ3n) is 3.33. The average Bonchev–Trinajstić information content (AvgIpc) is 3.06. The van der Waals surface area contributed by atoms with Crippen LogP contribution in [0.2, 0.25) is 10.0 Å². The van der Waals surface area contributed by atoms with E-state index in [2.05, 4.69) is 10.5 Å². The molecule has 0 aliphatic heterocycles. The summed E-state index contributed by atoms with van der Waals surface area (Å²) in [5, 5.41) is 15.8. The van der Waals surface area contributed by atoms with E-state index in [1.54, 1.807) is 42.5 Å². The fourth-order valence-corrected chi connectivity index (χ4v) is 2.49. The predicted molar refractivity (Wildman–Crippen MR) is 96.2 cm³/mol. The molecule has 25 heavy (non-hydrogen) atoms. The van der Waals surface area contributed by atoms with Crippen LogP contribution in [0.1, 0.15) is 16.1 Å². The number of carboxylic acid groups (broad SMARTS) is 1. The molecule has 0 radical (unpaired) electrons. The Morgan fingerprint density at radius 1 is 1.08 bits per heavy atom. The first-order valence-corrected chi connectivity index (χ1v) is 7.94. The predicted octanol–water partition coefficient (Wildman–Crippen LogP) is 4.06. The minimum atomic E-state index is -1.22. The lowest BCUT2D eigenvalue weighted by atomic mass is 10.2. The molecule has 2 aromatic carbocycles. The van der Waals surface area contributed by atoms with Gasteiger partial charge in [-0.25, -0.2) is 0 Å². The van der Waals surface area contributed by atoms with Crippen molar-refractivity contribution in [1.82, 2.24) is 0 Å². The first-order chi connectivity index (χ1) is 12.0. The summed E-state index contributed by atoms with van der Waals surface area (Å²) in [4.78, 5) is 10.7. The summed E-state index contributed by atoms with van der Waals surface area (Å²) in [7, 11) is 0. The molecule has 0 aliphatic rings. The van der Waals surface area contributed by atoms with Gasteiger partial charge < -0.3 is 14.3 Å². The Balaban J connectivity index is 1.69. The fraction of sp³-hybridized carbons (Fsp3) is 0. The minimum Gasteiger partial charge on any atom is -0.545 e. The van der Waals surface area contributed by atoms with Gasteiger partial charge in [-0.05, 0) is 48.0 Å². The van der Waals surface area contributed by atoms with Crippen molar-refractivity contribution in [2.24, 2.45) is 5.10 Å². The lowest BCUT2D eigenvalue weighted by Crippen LogP contribution is -2.21. The summed E-state index contributed by atoms with van der Waals surface area (Å²) in [6.45, 7) is 0. The van der Waals surface area contributed by atoms with Gasteiger partial charge in [0.1, 0.15) is 11.5 Å². The summed E-state index contributed by atoms with van der Waals surface area (Å²) in [6, 6.07) is 14.7. The molecule has 126 valence electrons. The zero-order valence-electron chi connectivity index (χ0n) is 12.7. The summed E-state index contributed by atoms with van der Waals surface area (Å²) >= 11 is 12.1. The Morgan fingerprint density at radius 2 is 1.84 bits per heavy atom. The number of aromatic carboxylic acids is 1. The maximum absolute atomic E-state index is 10.7. The Kier molecular flexibility index (Phi) is 5.07. The first kappa shape index (κ1) is 17.1. The lowest BCUT2D eigenvalue weighted by molar-refractivity contribution is -0.255. The number of carbonyl (C=O) groups is 1. The van der Waals surface area contributed by atoms with Crippen LogP contribution in [-0.4, -0.2) is 12.2 Å². The van der Waals surface area contributed by atoms with Crippen LogP contribution >= 0.6 is 23.2 Å². The van der Waals surface area contributed by atoms with Crippen LogP contribution in [0.25, 0.3) is 11.3 Å². The van der Waals surface area contributed by atoms with E-state index in [0.29, 0.717) is 32.8 Å². The van der Waals surface area contributed by atoms with E-state index in [-0.39, 0.29) is 5.56 Å². The normalized spacial score (nSPS) is 11.0. The zero-order chi connectivity index (χ0) is 17.8. The highest BCUT2D eigenvalue weighted by Crippen LogP contribution is 2.31. The topological polar surface area (TPSA) is 77.7 Å². The van der Waals surface area contributed by atoms with Crippen LogP contribution in [0.3, 0.4) is 0 Å². The van der Waals surface area contributed by atoms with E-state index in [9.17, 15) is 9.90 Å². The van der Waals surface area contributed by atoms with E-state index in [1.165, 1.54) is 18.3 Å². The Morgan fingerprint density at radius 3 is 2.56 bits per heavy atom. The number of hydrogen-bond donors (Lipinski definition) is 1. The largest absolute Gasteiger partial charge is 0.545 e. The quantitative estimate of drug-likeness (QED) is 0.540. The Hall–Kier alpha value is -2.76. The molecule has 0 unspecified atom stereocenters. The van der Waals surface area contributed by atoms with Gasteiger partial charge in [-0.2, -0.15) is 5.10 Å². The van der Waals surface area contributed by atoms with E-state index in [4.69, 9.17) is 27.6 Å². The molecule has 7 heteroatoms. The SMILES string of the molecule is O=C([O-])c1ccc(N/N=C\c2ccc(-c3cc(Cl)ccc3Cl)o2)cc1. The van der Waals surface area contributed by atoms with E-state index < -0.39 is 5.97 Å². The lowest BCUT2D eigenvalue weighted by Gasteiger charge is -2.03. The van der Waals surface area contributed by atoms with Gasteiger partial charge >= 0.3 is 0 Å². The van der Waals surface area contributed by atoms with Crippen LogP contribution in [0.15, 0.2) is 64.1 Å². The number of nitrogens with one attached hydrogen (secondary N) is 1. The van der Waals surface area contributed by atoms with Crippen LogP contribution in [0.4, 0.5) is 5.69 Å². The number of carbonyl (C=O) groups excluding carboxylic acids is 1. The van der Waals surface area contributed by atoms with Crippen LogP contribution < -0.4 is 10.5 Å². The first-order valence-electron chi connectivity index (χ1n) is 7.19. The molecule has 0 aliphatic carbocycles. The van der Waals surface area contributed by atoms with Gasteiger partial charge in [0.05, 0.1) is 22.9 Å². The molecule has 0 amide bonds. The number of furan rings is 1. The van der Waals surface area contributed by atoms with Gasteiger partial charge in [-0.3, -0.25) is 5.43 Å². The summed E-state index contributed by atoms with van der Waals surface area (Å²) in [6.07, 6.45) is 1.49. The minimum absolute atomic E-state index is 0.101. The van der Waals surface area contributed by atoms with Gasteiger partial charge in [0.25, 0.3) is 0 Å². The number of rotatable bonds is 5. The van der Waals surface area contributed by atoms with Crippen molar-refractivity contribution < 1.29 is 14.3 Å². The maximum atomic E-state index is 10.7. The van der Waals surface area contributed by atoms with E-state index in [0.717, 1.165) is 0 Å². The van der Waals surface area contributed by atoms with Gasteiger partial charge in [-0.15, -0.1) is 0 Å². The molecule has 0 atom stereocenters. The second-order valence-electron chi connectivity index (χ2n) is 5.06. The van der Waals surface area contributed by atoms with Crippen molar-refractivity contribution in [1.29, 1.82) is 0 Å². The number of hydrogen-bond acceptors (Lipinski definition) is 5. The molecule has 0 saturated heterocycles. The molecular weight excluding hydrogens is 363 g/mol.